The van der Waals surface area contributed by atoms with Gasteiger partial charge in [0.05, 0.1) is 0 Å². The van der Waals surface area contributed by atoms with Crippen LogP contribution in [0.2, 0.25) is 0 Å². The summed E-state index contributed by atoms with van der Waals surface area (Å²) in [4.78, 5) is 43.0. The van der Waals surface area contributed by atoms with E-state index in [0.29, 0.717) is 38.8 Å². The van der Waals surface area contributed by atoms with E-state index in [4.69, 9.17) is 0 Å². The molecule has 0 aromatic heterocycles. The summed E-state index contributed by atoms with van der Waals surface area (Å²) in [6, 6.07) is 10.1. The number of rotatable bonds is 4. The van der Waals surface area contributed by atoms with Crippen molar-refractivity contribution in [1.29, 1.82) is 0 Å². The van der Waals surface area contributed by atoms with Crippen LogP contribution in [0.3, 0.4) is 0 Å². The summed E-state index contributed by atoms with van der Waals surface area (Å²) in [6.45, 7) is 2.86. The quantitative estimate of drug-likeness (QED) is 0.788. The van der Waals surface area contributed by atoms with E-state index < -0.39 is 11.8 Å². The van der Waals surface area contributed by atoms with Gasteiger partial charge in [-0.3, -0.25) is 9.59 Å². The molecule has 2 aliphatic heterocycles. The lowest BCUT2D eigenvalue weighted by molar-refractivity contribution is -0.158. The number of piperidine rings is 1. The minimum absolute atomic E-state index is 0.0189. The summed E-state index contributed by atoms with van der Waals surface area (Å²) >= 11 is 0. The van der Waals surface area contributed by atoms with Crippen LogP contribution in [-0.2, 0) is 16.1 Å². The number of urea groups is 1. The molecule has 0 bridgehead atoms. The predicted molar refractivity (Wildman–Crippen MR) is 109 cm³/mol. The first-order valence-electron chi connectivity index (χ1n) is 10.8. The second-order valence-electron chi connectivity index (χ2n) is 8.36. The van der Waals surface area contributed by atoms with Gasteiger partial charge < -0.3 is 20.0 Å². The van der Waals surface area contributed by atoms with Crippen molar-refractivity contribution in [2.45, 2.75) is 57.2 Å². The van der Waals surface area contributed by atoms with Gasteiger partial charge in [0.15, 0.2) is 0 Å². The average molecular weight is 399 g/mol. The number of amides is 4. The molecule has 0 atom stereocenters. The van der Waals surface area contributed by atoms with E-state index >= 15 is 0 Å². The van der Waals surface area contributed by atoms with Crippen LogP contribution < -0.4 is 5.32 Å². The van der Waals surface area contributed by atoms with Crippen molar-refractivity contribution in [2.24, 2.45) is 0 Å². The summed E-state index contributed by atoms with van der Waals surface area (Å²) in [6.07, 6.45) is 6.00. The normalized spacial score (nSPS) is 21.7. The third kappa shape index (κ3) is 4.54. The lowest BCUT2D eigenvalue weighted by Crippen LogP contribution is -2.59. The van der Waals surface area contributed by atoms with Crippen molar-refractivity contribution in [3.05, 3.63) is 35.9 Å². The second-order valence-corrected chi connectivity index (χ2v) is 8.36. The van der Waals surface area contributed by atoms with E-state index in [1.165, 1.54) is 12.8 Å². The number of piperazine rings is 1. The molecule has 4 amide bonds. The fourth-order valence-corrected chi connectivity index (χ4v) is 4.71. The number of nitrogens with one attached hydrogen (secondary N) is 1. The molecule has 3 aliphatic rings. The lowest BCUT2D eigenvalue weighted by atomic mass is 10.0. The van der Waals surface area contributed by atoms with E-state index in [1.807, 2.05) is 35.2 Å². The van der Waals surface area contributed by atoms with Crippen LogP contribution in [0.25, 0.3) is 0 Å². The molecule has 7 nitrogen and oxygen atoms in total. The summed E-state index contributed by atoms with van der Waals surface area (Å²) in [5, 5.41) is 3.13. The van der Waals surface area contributed by atoms with Gasteiger partial charge in [0.1, 0.15) is 0 Å². The second kappa shape index (κ2) is 8.84. The summed E-state index contributed by atoms with van der Waals surface area (Å²) in [5.41, 5.74) is 1.03. The molecule has 4 rings (SSSR count). The van der Waals surface area contributed by atoms with Gasteiger partial charge in [0.25, 0.3) is 0 Å². The number of carbonyl (C=O) groups excluding carboxylic acids is 3. The van der Waals surface area contributed by atoms with Crippen molar-refractivity contribution in [2.75, 3.05) is 26.2 Å². The molecule has 1 N–H and O–H groups in total. The highest BCUT2D eigenvalue weighted by Crippen LogP contribution is 2.22. The summed E-state index contributed by atoms with van der Waals surface area (Å²) in [5.74, 6) is -0.817. The summed E-state index contributed by atoms with van der Waals surface area (Å²) in [7, 11) is 0. The monoisotopic (exact) mass is 398 g/mol. The van der Waals surface area contributed by atoms with Gasteiger partial charge in [-0.15, -0.1) is 0 Å². The molecule has 1 saturated carbocycles. The Kier molecular flexibility index (Phi) is 6.02. The van der Waals surface area contributed by atoms with Gasteiger partial charge in [-0.2, -0.15) is 0 Å². The van der Waals surface area contributed by atoms with Crippen LogP contribution >= 0.6 is 0 Å². The third-order valence-corrected chi connectivity index (χ3v) is 6.43. The Balaban J connectivity index is 1.27. The average Bonchev–Trinajstić information content (AvgIpc) is 3.25. The highest BCUT2D eigenvalue weighted by Gasteiger charge is 2.38. The molecule has 2 heterocycles. The minimum Gasteiger partial charge on any atom is -0.335 e. The molecule has 2 saturated heterocycles. The number of benzene rings is 1. The molecule has 0 unspecified atom stereocenters. The lowest BCUT2D eigenvalue weighted by Gasteiger charge is -2.42. The number of hydrogen-bond donors (Lipinski definition) is 1. The molecule has 3 fully saturated rings. The first-order chi connectivity index (χ1) is 14.1. The van der Waals surface area contributed by atoms with Crippen LogP contribution in [0, 0.1) is 0 Å². The number of hydrogen-bond acceptors (Lipinski definition) is 3. The Hall–Kier alpha value is -2.57. The standard InChI is InChI=1S/C22H30N4O3/c27-20-21(28)26(15-14-25(20)16-17-6-2-1-3-7-17)19-10-12-24(13-11-19)22(29)23-18-8-4-5-9-18/h1-3,6-7,18-19H,4-5,8-16H2,(H,23,29). The SMILES string of the molecule is O=C(NC1CCCC1)N1CCC(N2CCN(Cc3ccccc3)C(=O)C2=O)CC1. The zero-order chi connectivity index (χ0) is 20.2. The molecule has 7 heteroatoms. The molecule has 1 aliphatic carbocycles. The van der Waals surface area contributed by atoms with E-state index in [9.17, 15) is 14.4 Å². The highest BCUT2D eigenvalue weighted by molar-refractivity contribution is 6.35. The number of carbonyl (C=O) groups is 3. The van der Waals surface area contributed by atoms with E-state index in [2.05, 4.69) is 5.32 Å². The van der Waals surface area contributed by atoms with Crippen molar-refractivity contribution < 1.29 is 14.4 Å². The maximum absolute atomic E-state index is 12.7. The fraction of sp³-hybridized carbons (Fsp3) is 0.591. The molecule has 0 radical (unpaired) electrons. The van der Waals surface area contributed by atoms with E-state index in [-0.39, 0.29) is 12.1 Å². The Morgan fingerprint density at radius 3 is 2.28 bits per heavy atom. The minimum atomic E-state index is -0.415. The van der Waals surface area contributed by atoms with Gasteiger partial charge in [-0.1, -0.05) is 43.2 Å². The van der Waals surface area contributed by atoms with Crippen LogP contribution in [-0.4, -0.2) is 70.8 Å². The molecule has 156 valence electrons. The highest BCUT2D eigenvalue weighted by atomic mass is 16.2. The fourth-order valence-electron chi connectivity index (χ4n) is 4.71. The summed E-state index contributed by atoms with van der Waals surface area (Å²) < 4.78 is 0. The topological polar surface area (TPSA) is 73.0 Å². The first kappa shape index (κ1) is 19.7. The molecule has 1 aromatic carbocycles. The molecule has 0 spiro atoms. The maximum atomic E-state index is 12.7. The van der Waals surface area contributed by atoms with Gasteiger partial charge >= 0.3 is 17.8 Å². The van der Waals surface area contributed by atoms with Crippen LogP contribution in [0.5, 0.6) is 0 Å². The van der Waals surface area contributed by atoms with Gasteiger partial charge in [-0.25, -0.2) is 4.79 Å². The Morgan fingerprint density at radius 2 is 1.59 bits per heavy atom. The van der Waals surface area contributed by atoms with Crippen LogP contribution in [0.1, 0.15) is 44.1 Å². The first-order valence-corrected chi connectivity index (χ1v) is 10.8. The van der Waals surface area contributed by atoms with E-state index in [0.717, 1.165) is 31.2 Å². The zero-order valence-corrected chi connectivity index (χ0v) is 16.9. The van der Waals surface area contributed by atoms with Crippen molar-refractivity contribution in [3.8, 4) is 0 Å². The molecular formula is C22H30N4O3. The smallest absolute Gasteiger partial charge is 0.317 e. The third-order valence-electron chi connectivity index (χ3n) is 6.43. The molecular weight excluding hydrogens is 368 g/mol. The maximum Gasteiger partial charge on any atom is 0.317 e. The van der Waals surface area contributed by atoms with Crippen LogP contribution in [0.4, 0.5) is 4.79 Å². The molecule has 1 aromatic rings. The van der Waals surface area contributed by atoms with Crippen LogP contribution in [0.15, 0.2) is 30.3 Å². The largest absolute Gasteiger partial charge is 0.335 e. The van der Waals surface area contributed by atoms with Gasteiger partial charge in [0.2, 0.25) is 0 Å². The number of nitrogens with zero attached hydrogens (tertiary/aromatic N) is 3. The van der Waals surface area contributed by atoms with Crippen molar-refractivity contribution >= 4 is 17.8 Å². The van der Waals surface area contributed by atoms with E-state index in [1.54, 1.807) is 9.80 Å². The van der Waals surface area contributed by atoms with Gasteiger partial charge in [-0.05, 0) is 31.2 Å². The molecule has 29 heavy (non-hydrogen) atoms. The zero-order valence-electron chi connectivity index (χ0n) is 16.9. The Labute approximate surface area is 172 Å². The number of likely N-dealkylation sites (tertiary alicyclic amines) is 1. The van der Waals surface area contributed by atoms with Gasteiger partial charge in [0, 0.05) is 44.8 Å². The Morgan fingerprint density at radius 1 is 0.897 bits per heavy atom. The van der Waals surface area contributed by atoms with Crippen molar-refractivity contribution in [1.82, 2.24) is 20.0 Å². The van der Waals surface area contributed by atoms with Crippen molar-refractivity contribution in [3.63, 3.8) is 0 Å². The Bertz CT molecular complexity index is 740. The predicted octanol–water partition coefficient (Wildman–Crippen LogP) is 1.97.